The number of halogens is 1. The fourth-order valence-corrected chi connectivity index (χ4v) is 3.70. The lowest BCUT2D eigenvalue weighted by atomic mass is 10.1. The van der Waals surface area contributed by atoms with Gasteiger partial charge < -0.3 is 15.2 Å². The van der Waals surface area contributed by atoms with Crippen molar-refractivity contribution < 1.29 is 14.6 Å². The van der Waals surface area contributed by atoms with E-state index >= 15 is 0 Å². The first-order chi connectivity index (χ1) is 14.4. The molecular weight excluding hydrogens is 402 g/mol. The molecule has 6 nitrogen and oxygen atoms in total. The Morgan fingerprint density at radius 2 is 1.80 bits per heavy atom. The number of benzene rings is 2. The van der Waals surface area contributed by atoms with Gasteiger partial charge in [0.2, 0.25) is 5.91 Å². The molecule has 0 radical (unpaired) electrons. The Morgan fingerprint density at radius 1 is 1.10 bits per heavy atom. The average Bonchev–Trinajstić information content (AvgIpc) is 2.72. The molecule has 1 heterocycles. The normalized spacial score (nSPS) is 16.3. The summed E-state index contributed by atoms with van der Waals surface area (Å²) in [7, 11) is 0. The van der Waals surface area contributed by atoms with Crippen molar-refractivity contribution in [2.45, 2.75) is 20.0 Å². The highest BCUT2D eigenvalue weighted by molar-refractivity contribution is 6.32. The standard InChI is InChI=1S/C23H30ClN3O3/c1-17-6-5-8-21(18(17)2)25-23(29)15-27-12-10-26(11-13-27)14-19(28)16-30-22-9-4-3-7-20(22)24/h3-9,19,28H,10-16H2,1-2H3,(H,25,29). The van der Waals surface area contributed by atoms with Crippen LogP contribution in [0.2, 0.25) is 5.02 Å². The molecule has 1 aliphatic rings. The van der Waals surface area contributed by atoms with Crippen molar-refractivity contribution in [1.82, 2.24) is 9.80 Å². The van der Waals surface area contributed by atoms with Crippen LogP contribution in [0.3, 0.4) is 0 Å². The topological polar surface area (TPSA) is 65.0 Å². The van der Waals surface area contributed by atoms with Gasteiger partial charge in [-0.3, -0.25) is 14.6 Å². The molecule has 3 rings (SSSR count). The van der Waals surface area contributed by atoms with E-state index in [9.17, 15) is 9.90 Å². The number of carbonyl (C=O) groups is 1. The van der Waals surface area contributed by atoms with Gasteiger partial charge in [-0.2, -0.15) is 0 Å². The second-order valence-corrected chi connectivity index (χ2v) is 8.17. The first-order valence-corrected chi connectivity index (χ1v) is 10.7. The van der Waals surface area contributed by atoms with E-state index in [1.165, 1.54) is 5.56 Å². The number of nitrogens with zero attached hydrogens (tertiary/aromatic N) is 2. The van der Waals surface area contributed by atoms with Crippen molar-refractivity contribution in [3.63, 3.8) is 0 Å². The zero-order chi connectivity index (χ0) is 21.5. The molecule has 1 unspecified atom stereocenters. The number of aryl methyl sites for hydroxylation is 1. The fourth-order valence-electron chi connectivity index (χ4n) is 3.51. The number of aliphatic hydroxyl groups excluding tert-OH is 1. The van der Waals surface area contributed by atoms with Crippen LogP contribution in [0.1, 0.15) is 11.1 Å². The van der Waals surface area contributed by atoms with Crippen LogP contribution in [0.5, 0.6) is 5.75 Å². The van der Waals surface area contributed by atoms with E-state index in [1.54, 1.807) is 12.1 Å². The van der Waals surface area contributed by atoms with Crippen LogP contribution >= 0.6 is 11.6 Å². The molecule has 7 heteroatoms. The Labute approximate surface area is 183 Å². The molecule has 0 spiro atoms. The maximum Gasteiger partial charge on any atom is 0.238 e. The van der Waals surface area contributed by atoms with E-state index in [0.717, 1.165) is 37.4 Å². The number of amides is 1. The van der Waals surface area contributed by atoms with Crippen molar-refractivity contribution in [3.05, 3.63) is 58.6 Å². The molecule has 1 fully saturated rings. The van der Waals surface area contributed by atoms with Gasteiger partial charge in [0.25, 0.3) is 0 Å². The van der Waals surface area contributed by atoms with Gasteiger partial charge >= 0.3 is 0 Å². The Bertz CT molecular complexity index is 853. The zero-order valence-corrected chi connectivity index (χ0v) is 18.4. The summed E-state index contributed by atoms with van der Waals surface area (Å²) in [5.41, 5.74) is 3.14. The van der Waals surface area contributed by atoms with Crippen LogP contribution in [0, 0.1) is 13.8 Å². The summed E-state index contributed by atoms with van der Waals surface area (Å²) in [5, 5.41) is 13.8. The number of β-amino-alcohol motifs (C(OH)–C–C–N with tert-alkyl or cyclic N) is 1. The number of piperazine rings is 1. The fraction of sp³-hybridized carbons (Fsp3) is 0.435. The third-order valence-corrected chi connectivity index (χ3v) is 5.76. The number of rotatable bonds is 8. The quantitative estimate of drug-likeness (QED) is 0.672. The number of ether oxygens (including phenoxy) is 1. The minimum Gasteiger partial charge on any atom is -0.489 e. The van der Waals surface area contributed by atoms with Gasteiger partial charge in [0.15, 0.2) is 0 Å². The lowest BCUT2D eigenvalue weighted by molar-refractivity contribution is -0.117. The largest absolute Gasteiger partial charge is 0.489 e. The van der Waals surface area contributed by atoms with E-state index in [2.05, 4.69) is 15.1 Å². The van der Waals surface area contributed by atoms with E-state index in [0.29, 0.717) is 23.9 Å². The molecule has 1 aliphatic heterocycles. The monoisotopic (exact) mass is 431 g/mol. The maximum atomic E-state index is 12.4. The number of hydrogen-bond donors (Lipinski definition) is 2. The Kier molecular flexibility index (Phi) is 8.10. The highest BCUT2D eigenvalue weighted by Gasteiger charge is 2.21. The summed E-state index contributed by atoms with van der Waals surface area (Å²) in [6.45, 7) is 8.35. The van der Waals surface area contributed by atoms with E-state index in [-0.39, 0.29) is 12.5 Å². The molecule has 0 aromatic heterocycles. The number of aliphatic hydroxyl groups is 1. The zero-order valence-electron chi connectivity index (χ0n) is 17.6. The van der Waals surface area contributed by atoms with Gasteiger partial charge in [-0.15, -0.1) is 0 Å². The van der Waals surface area contributed by atoms with Gasteiger partial charge in [0.1, 0.15) is 18.5 Å². The number of hydrogen-bond acceptors (Lipinski definition) is 5. The molecule has 30 heavy (non-hydrogen) atoms. The Hall–Kier alpha value is -2.12. The number of nitrogens with one attached hydrogen (secondary N) is 1. The summed E-state index contributed by atoms with van der Waals surface area (Å²) >= 11 is 6.07. The van der Waals surface area contributed by atoms with Gasteiger partial charge in [-0.25, -0.2) is 0 Å². The van der Waals surface area contributed by atoms with Crippen LogP contribution in [0.25, 0.3) is 0 Å². The Balaban J connectivity index is 1.37. The number of anilines is 1. The minimum absolute atomic E-state index is 0.00493. The van der Waals surface area contributed by atoms with Crippen molar-refractivity contribution in [2.75, 3.05) is 51.2 Å². The first-order valence-electron chi connectivity index (χ1n) is 10.3. The SMILES string of the molecule is Cc1cccc(NC(=O)CN2CCN(CC(O)COc3ccccc3Cl)CC2)c1C. The third-order valence-electron chi connectivity index (χ3n) is 5.45. The minimum atomic E-state index is -0.597. The van der Waals surface area contributed by atoms with Crippen LogP contribution in [-0.2, 0) is 4.79 Å². The van der Waals surface area contributed by atoms with Crippen molar-refractivity contribution in [3.8, 4) is 5.75 Å². The van der Waals surface area contributed by atoms with Crippen molar-refractivity contribution in [1.29, 1.82) is 0 Å². The van der Waals surface area contributed by atoms with E-state index in [4.69, 9.17) is 16.3 Å². The molecule has 1 amide bonds. The highest BCUT2D eigenvalue weighted by Crippen LogP contribution is 2.23. The Morgan fingerprint density at radius 3 is 2.53 bits per heavy atom. The summed E-state index contributed by atoms with van der Waals surface area (Å²) < 4.78 is 5.62. The molecule has 2 N–H and O–H groups in total. The van der Waals surface area contributed by atoms with Crippen LogP contribution in [0.15, 0.2) is 42.5 Å². The second kappa shape index (κ2) is 10.8. The molecule has 1 saturated heterocycles. The molecule has 0 bridgehead atoms. The van der Waals surface area contributed by atoms with Gasteiger partial charge in [0, 0.05) is 38.4 Å². The summed E-state index contributed by atoms with van der Waals surface area (Å²) in [6, 6.07) is 13.2. The number of carbonyl (C=O) groups excluding carboxylic acids is 1. The average molecular weight is 432 g/mol. The number of para-hydroxylation sites is 1. The molecule has 1 atom stereocenters. The van der Waals surface area contributed by atoms with Gasteiger partial charge in [-0.05, 0) is 43.2 Å². The maximum absolute atomic E-state index is 12.4. The van der Waals surface area contributed by atoms with Crippen molar-refractivity contribution >= 4 is 23.2 Å². The van der Waals surface area contributed by atoms with E-state index in [1.807, 2.05) is 44.2 Å². The van der Waals surface area contributed by atoms with Crippen LogP contribution < -0.4 is 10.1 Å². The molecular formula is C23H30ClN3O3. The molecule has 0 saturated carbocycles. The van der Waals surface area contributed by atoms with Crippen LogP contribution in [-0.4, -0.2) is 72.8 Å². The summed E-state index contributed by atoms with van der Waals surface area (Å²) in [4.78, 5) is 16.8. The van der Waals surface area contributed by atoms with Crippen LogP contribution in [0.4, 0.5) is 5.69 Å². The predicted octanol–water partition coefficient (Wildman–Crippen LogP) is 2.95. The van der Waals surface area contributed by atoms with E-state index < -0.39 is 6.10 Å². The lowest BCUT2D eigenvalue weighted by Gasteiger charge is -2.35. The smallest absolute Gasteiger partial charge is 0.238 e. The molecule has 162 valence electrons. The highest BCUT2D eigenvalue weighted by atomic mass is 35.5. The van der Waals surface area contributed by atoms with Crippen molar-refractivity contribution in [2.24, 2.45) is 0 Å². The molecule has 0 aliphatic carbocycles. The summed E-state index contributed by atoms with van der Waals surface area (Å²) in [6.07, 6.45) is -0.597. The summed E-state index contributed by atoms with van der Waals surface area (Å²) in [5.74, 6) is 0.586. The predicted molar refractivity (Wildman–Crippen MR) is 120 cm³/mol. The van der Waals surface area contributed by atoms with Gasteiger partial charge in [-0.1, -0.05) is 35.9 Å². The van der Waals surface area contributed by atoms with Gasteiger partial charge in [0.05, 0.1) is 11.6 Å². The molecule has 2 aromatic carbocycles. The lowest BCUT2D eigenvalue weighted by Crippen LogP contribution is -2.50. The molecule has 2 aromatic rings. The first kappa shape index (κ1) is 22.6. The third kappa shape index (κ3) is 6.44. The second-order valence-electron chi connectivity index (χ2n) is 7.77.